The first-order valence-corrected chi connectivity index (χ1v) is 6.67. The first-order valence-electron chi connectivity index (χ1n) is 6.67. The van der Waals surface area contributed by atoms with Gasteiger partial charge in [-0.05, 0) is 37.6 Å². The van der Waals surface area contributed by atoms with Crippen LogP contribution in [-0.2, 0) is 9.53 Å². The van der Waals surface area contributed by atoms with Crippen molar-refractivity contribution in [1.29, 1.82) is 0 Å². The van der Waals surface area contributed by atoms with Crippen LogP contribution in [0.3, 0.4) is 0 Å². The lowest BCUT2D eigenvalue weighted by Crippen LogP contribution is -2.35. The third-order valence-electron chi connectivity index (χ3n) is 2.66. The van der Waals surface area contributed by atoms with Crippen LogP contribution in [0.1, 0.15) is 32.4 Å². The summed E-state index contributed by atoms with van der Waals surface area (Å²) in [4.78, 5) is 23.1. The van der Waals surface area contributed by atoms with Crippen LogP contribution in [0.2, 0.25) is 0 Å². The Labute approximate surface area is 127 Å². The van der Waals surface area contributed by atoms with Crippen molar-refractivity contribution in [1.82, 2.24) is 25.9 Å². The van der Waals surface area contributed by atoms with Gasteiger partial charge in [0, 0.05) is 5.56 Å². The predicted octanol–water partition coefficient (Wildman–Crippen LogP) is 1.63. The molecule has 0 bridgehead atoms. The fourth-order valence-electron chi connectivity index (χ4n) is 1.79. The summed E-state index contributed by atoms with van der Waals surface area (Å²) >= 11 is 0. The molecule has 0 spiro atoms. The van der Waals surface area contributed by atoms with Crippen molar-refractivity contribution in [3.63, 3.8) is 0 Å². The van der Waals surface area contributed by atoms with E-state index in [1.165, 1.54) is 0 Å². The number of nitrogens with one attached hydrogen (secondary N) is 2. The van der Waals surface area contributed by atoms with Gasteiger partial charge in [-0.3, -0.25) is 0 Å². The van der Waals surface area contributed by atoms with Gasteiger partial charge in [-0.15, -0.1) is 10.2 Å². The second-order valence-electron chi connectivity index (χ2n) is 5.62. The number of aldehydes is 1. The SMILES string of the molecule is CC(C)(C)OC(=O)NC(C=O)c1cccc(-c2nn[nH]n2)c1. The van der Waals surface area contributed by atoms with Gasteiger partial charge in [-0.25, -0.2) is 4.79 Å². The Morgan fingerprint density at radius 3 is 2.77 bits per heavy atom. The van der Waals surface area contributed by atoms with E-state index in [2.05, 4.69) is 25.9 Å². The monoisotopic (exact) mass is 303 g/mol. The third-order valence-corrected chi connectivity index (χ3v) is 2.66. The van der Waals surface area contributed by atoms with E-state index in [9.17, 15) is 9.59 Å². The number of tetrazole rings is 1. The highest BCUT2D eigenvalue weighted by molar-refractivity contribution is 5.75. The topological polar surface area (TPSA) is 110 Å². The van der Waals surface area contributed by atoms with E-state index in [4.69, 9.17) is 4.74 Å². The molecule has 0 saturated carbocycles. The molecule has 0 aliphatic heterocycles. The Hall–Kier alpha value is -2.77. The summed E-state index contributed by atoms with van der Waals surface area (Å²) in [5, 5.41) is 16.1. The Morgan fingerprint density at radius 1 is 1.41 bits per heavy atom. The summed E-state index contributed by atoms with van der Waals surface area (Å²) in [5.74, 6) is 0.406. The average Bonchev–Trinajstić information content (AvgIpc) is 2.97. The summed E-state index contributed by atoms with van der Waals surface area (Å²) in [6.45, 7) is 5.25. The number of hydrogen-bond donors (Lipinski definition) is 2. The molecule has 0 radical (unpaired) electrons. The molecule has 2 rings (SSSR count). The molecule has 8 heteroatoms. The molecule has 1 aromatic heterocycles. The lowest BCUT2D eigenvalue weighted by atomic mass is 10.0. The molecule has 0 saturated heterocycles. The van der Waals surface area contributed by atoms with Gasteiger partial charge < -0.3 is 14.8 Å². The van der Waals surface area contributed by atoms with Gasteiger partial charge in [0.05, 0.1) is 0 Å². The summed E-state index contributed by atoms with van der Waals surface area (Å²) < 4.78 is 5.15. The Kier molecular flexibility index (Phi) is 4.50. The highest BCUT2D eigenvalue weighted by atomic mass is 16.6. The van der Waals surface area contributed by atoms with E-state index in [0.29, 0.717) is 23.2 Å². The van der Waals surface area contributed by atoms with E-state index in [1.54, 1.807) is 45.0 Å². The van der Waals surface area contributed by atoms with Crippen LogP contribution in [0.4, 0.5) is 4.79 Å². The Morgan fingerprint density at radius 2 is 2.18 bits per heavy atom. The van der Waals surface area contributed by atoms with Crippen molar-refractivity contribution >= 4 is 12.4 Å². The molecule has 0 aliphatic rings. The van der Waals surface area contributed by atoms with Crippen LogP contribution in [-0.4, -0.2) is 38.6 Å². The molecule has 1 atom stereocenters. The number of carbonyl (C=O) groups excluding carboxylic acids is 2. The first-order chi connectivity index (χ1) is 10.4. The van der Waals surface area contributed by atoms with Crippen molar-refractivity contribution < 1.29 is 14.3 Å². The molecule has 116 valence electrons. The van der Waals surface area contributed by atoms with Crippen molar-refractivity contribution in [2.24, 2.45) is 0 Å². The number of aromatic nitrogens is 4. The van der Waals surface area contributed by atoms with E-state index < -0.39 is 17.7 Å². The number of H-pyrrole nitrogens is 1. The number of nitrogens with zero attached hydrogens (tertiary/aromatic N) is 3. The molecule has 22 heavy (non-hydrogen) atoms. The number of amides is 1. The van der Waals surface area contributed by atoms with Gasteiger partial charge in [-0.2, -0.15) is 5.21 Å². The zero-order chi connectivity index (χ0) is 16.2. The van der Waals surface area contributed by atoms with Gasteiger partial charge in [0.25, 0.3) is 0 Å². The van der Waals surface area contributed by atoms with Crippen LogP contribution in [0, 0.1) is 0 Å². The Balaban J connectivity index is 2.16. The zero-order valence-corrected chi connectivity index (χ0v) is 12.5. The highest BCUT2D eigenvalue weighted by Crippen LogP contribution is 2.19. The normalized spacial score (nSPS) is 12.5. The first kappa shape index (κ1) is 15.6. The lowest BCUT2D eigenvalue weighted by Gasteiger charge is -2.21. The van der Waals surface area contributed by atoms with E-state index in [1.807, 2.05) is 0 Å². The molecule has 2 N–H and O–H groups in total. The van der Waals surface area contributed by atoms with Crippen molar-refractivity contribution in [3.8, 4) is 11.4 Å². The smallest absolute Gasteiger partial charge is 0.408 e. The summed E-state index contributed by atoms with van der Waals surface area (Å²) in [7, 11) is 0. The lowest BCUT2D eigenvalue weighted by molar-refractivity contribution is -0.109. The van der Waals surface area contributed by atoms with E-state index in [-0.39, 0.29) is 0 Å². The minimum absolute atomic E-state index is 0.406. The van der Waals surface area contributed by atoms with Crippen LogP contribution in [0.15, 0.2) is 24.3 Å². The second-order valence-corrected chi connectivity index (χ2v) is 5.62. The minimum Gasteiger partial charge on any atom is -0.444 e. The van der Waals surface area contributed by atoms with Gasteiger partial charge in [0.1, 0.15) is 17.9 Å². The maximum Gasteiger partial charge on any atom is 0.408 e. The van der Waals surface area contributed by atoms with Gasteiger partial charge in [-0.1, -0.05) is 18.2 Å². The van der Waals surface area contributed by atoms with E-state index >= 15 is 0 Å². The summed E-state index contributed by atoms with van der Waals surface area (Å²) in [6, 6.07) is 6.14. The van der Waals surface area contributed by atoms with Crippen LogP contribution in [0.5, 0.6) is 0 Å². The molecule has 1 amide bonds. The van der Waals surface area contributed by atoms with E-state index in [0.717, 1.165) is 0 Å². The number of rotatable bonds is 4. The second kappa shape index (κ2) is 6.33. The van der Waals surface area contributed by atoms with Crippen LogP contribution in [0.25, 0.3) is 11.4 Å². The molecule has 2 aromatic rings. The Bertz CT molecular complexity index is 649. The molecule has 1 unspecified atom stereocenters. The molecular weight excluding hydrogens is 286 g/mol. The fraction of sp³-hybridized carbons (Fsp3) is 0.357. The van der Waals surface area contributed by atoms with Crippen molar-refractivity contribution in [2.75, 3.05) is 0 Å². The molecule has 1 heterocycles. The highest BCUT2D eigenvalue weighted by Gasteiger charge is 2.20. The molecule has 8 nitrogen and oxygen atoms in total. The minimum atomic E-state index is -0.818. The van der Waals surface area contributed by atoms with Crippen molar-refractivity contribution in [3.05, 3.63) is 29.8 Å². The number of hydrogen-bond acceptors (Lipinski definition) is 6. The molecule has 1 aromatic carbocycles. The van der Waals surface area contributed by atoms with Crippen LogP contribution >= 0.6 is 0 Å². The molecule has 0 fully saturated rings. The van der Waals surface area contributed by atoms with Crippen molar-refractivity contribution in [2.45, 2.75) is 32.4 Å². The zero-order valence-electron chi connectivity index (χ0n) is 12.5. The largest absolute Gasteiger partial charge is 0.444 e. The number of benzene rings is 1. The maximum atomic E-state index is 11.8. The molecular formula is C14H17N5O3. The number of ether oxygens (including phenoxy) is 1. The standard InChI is InChI=1S/C14H17N5O3/c1-14(2,3)22-13(21)15-11(8-20)9-5-4-6-10(7-9)12-16-18-19-17-12/h4-8,11H,1-3H3,(H,15,21)(H,16,17,18,19). The average molecular weight is 303 g/mol. The van der Waals surface area contributed by atoms with Gasteiger partial charge in [0.2, 0.25) is 5.82 Å². The maximum absolute atomic E-state index is 11.8. The predicted molar refractivity (Wildman–Crippen MR) is 77.8 cm³/mol. The van der Waals surface area contributed by atoms with Gasteiger partial charge in [0.15, 0.2) is 0 Å². The summed E-state index contributed by atoms with van der Waals surface area (Å²) in [6.07, 6.45) is -0.0197. The quantitative estimate of drug-likeness (QED) is 0.831. The number of carbonyl (C=O) groups is 2. The van der Waals surface area contributed by atoms with Crippen LogP contribution < -0.4 is 5.32 Å². The number of alkyl carbamates (subject to hydrolysis) is 1. The number of aromatic amines is 1. The van der Waals surface area contributed by atoms with Gasteiger partial charge >= 0.3 is 6.09 Å². The third kappa shape index (κ3) is 4.11. The fourth-order valence-corrected chi connectivity index (χ4v) is 1.79. The summed E-state index contributed by atoms with van der Waals surface area (Å²) in [5.41, 5.74) is 0.650. The molecule has 0 aliphatic carbocycles.